The molecule has 2 amide bonds. The van der Waals surface area contributed by atoms with Crippen LogP contribution in [-0.2, 0) is 9.59 Å². The first-order valence-corrected chi connectivity index (χ1v) is 9.42. The fourth-order valence-corrected chi connectivity index (χ4v) is 3.00. The van der Waals surface area contributed by atoms with Crippen LogP contribution in [0, 0.1) is 0 Å². The first kappa shape index (κ1) is 20.6. The smallest absolute Gasteiger partial charge is 0.270 e. The van der Waals surface area contributed by atoms with Gasteiger partial charge in [-0.2, -0.15) is 0 Å². The van der Waals surface area contributed by atoms with Gasteiger partial charge in [0.2, 0.25) is 0 Å². The summed E-state index contributed by atoms with van der Waals surface area (Å²) in [7, 11) is 3.62. The average molecular weight is 428 g/mol. The maximum absolute atomic E-state index is 13.1. The van der Waals surface area contributed by atoms with E-state index in [1.165, 1.54) is 11.0 Å². The molecule has 0 atom stereocenters. The summed E-state index contributed by atoms with van der Waals surface area (Å²) in [5.74, 6) is -0.247. The Morgan fingerprint density at radius 2 is 1.76 bits per heavy atom. The van der Waals surface area contributed by atoms with Gasteiger partial charge in [-0.1, -0.05) is 29.8 Å². The molecule has 148 valence electrons. The quantitative estimate of drug-likeness (QED) is 0.342. The monoisotopic (exact) mass is 427 g/mol. The molecule has 0 saturated carbocycles. The van der Waals surface area contributed by atoms with Crippen LogP contribution in [0.25, 0.3) is 0 Å². The highest BCUT2D eigenvalue weighted by Crippen LogP contribution is 2.24. The highest BCUT2D eigenvalue weighted by Gasteiger charge is 2.34. The van der Waals surface area contributed by atoms with Crippen LogP contribution < -0.4 is 15.0 Å². The van der Waals surface area contributed by atoms with Crippen LogP contribution in [0.15, 0.2) is 78.2 Å². The number of hydrogen-bond donors (Lipinski definition) is 1. The molecule has 2 aromatic rings. The molecule has 1 saturated heterocycles. The standard InChI is InChI=1S/C21H18ClN3O3S/c1-24(2)13-17(28-16-6-4-3-5-7-16)12-18-19(26)23-21(29)25(20(18)27)15-10-8-14(22)9-11-15/h3-13H,1-2H3,(H,23,26,29)/b17-13-,18-12-. The fourth-order valence-electron chi connectivity index (χ4n) is 2.60. The summed E-state index contributed by atoms with van der Waals surface area (Å²) in [6.07, 6.45) is 3.06. The van der Waals surface area contributed by atoms with Crippen LogP contribution in [0.1, 0.15) is 0 Å². The van der Waals surface area contributed by atoms with E-state index in [2.05, 4.69) is 5.32 Å². The number of halogens is 1. The normalized spacial score (nSPS) is 16.1. The molecule has 1 aliphatic rings. The van der Waals surface area contributed by atoms with Gasteiger partial charge >= 0.3 is 0 Å². The second-order valence-corrected chi connectivity index (χ2v) is 7.17. The van der Waals surface area contributed by atoms with Crippen LogP contribution in [0.5, 0.6) is 5.75 Å². The molecule has 0 aromatic heterocycles. The third kappa shape index (κ3) is 5.01. The number of nitrogens with zero attached hydrogens (tertiary/aromatic N) is 2. The molecule has 1 N–H and O–H groups in total. The summed E-state index contributed by atoms with van der Waals surface area (Å²) in [5.41, 5.74) is 0.398. The van der Waals surface area contributed by atoms with Gasteiger partial charge in [-0.05, 0) is 48.6 Å². The largest absolute Gasteiger partial charge is 0.456 e. The molecular formula is C21H18ClN3O3S. The molecule has 0 bridgehead atoms. The molecule has 1 fully saturated rings. The number of hydrogen-bond acceptors (Lipinski definition) is 5. The predicted octanol–water partition coefficient (Wildman–Crippen LogP) is 3.50. The van der Waals surface area contributed by atoms with Gasteiger partial charge in [0.25, 0.3) is 11.8 Å². The van der Waals surface area contributed by atoms with Crippen LogP contribution in [-0.4, -0.2) is 35.9 Å². The van der Waals surface area contributed by atoms with Gasteiger partial charge in [-0.15, -0.1) is 0 Å². The number of benzene rings is 2. The van der Waals surface area contributed by atoms with Gasteiger partial charge < -0.3 is 9.64 Å². The Morgan fingerprint density at radius 3 is 2.38 bits per heavy atom. The summed E-state index contributed by atoms with van der Waals surface area (Å²) in [6, 6.07) is 15.7. The summed E-state index contributed by atoms with van der Waals surface area (Å²) < 4.78 is 5.85. The minimum Gasteiger partial charge on any atom is -0.456 e. The molecule has 29 heavy (non-hydrogen) atoms. The van der Waals surface area contributed by atoms with E-state index in [0.717, 1.165) is 0 Å². The third-order valence-electron chi connectivity index (χ3n) is 3.84. The zero-order chi connectivity index (χ0) is 21.0. The van der Waals surface area contributed by atoms with Crippen LogP contribution >= 0.6 is 23.8 Å². The lowest BCUT2D eigenvalue weighted by Crippen LogP contribution is -2.54. The van der Waals surface area contributed by atoms with Crippen molar-refractivity contribution in [2.75, 3.05) is 19.0 Å². The van der Waals surface area contributed by atoms with Crippen molar-refractivity contribution in [3.8, 4) is 5.75 Å². The number of amides is 2. The third-order valence-corrected chi connectivity index (χ3v) is 4.37. The van der Waals surface area contributed by atoms with Crippen molar-refractivity contribution in [1.82, 2.24) is 10.2 Å². The van der Waals surface area contributed by atoms with E-state index in [1.54, 1.807) is 47.5 Å². The van der Waals surface area contributed by atoms with E-state index < -0.39 is 11.8 Å². The van der Waals surface area contributed by atoms with Crippen molar-refractivity contribution < 1.29 is 14.3 Å². The Morgan fingerprint density at radius 1 is 1.10 bits per heavy atom. The minimum atomic E-state index is -0.591. The van der Waals surface area contributed by atoms with Crippen molar-refractivity contribution in [2.45, 2.75) is 0 Å². The van der Waals surface area contributed by atoms with Crippen LogP contribution in [0.3, 0.4) is 0 Å². The van der Waals surface area contributed by atoms with Gasteiger partial charge in [-0.25, -0.2) is 0 Å². The zero-order valence-corrected chi connectivity index (χ0v) is 17.3. The zero-order valence-electron chi connectivity index (χ0n) is 15.8. The molecule has 2 aromatic carbocycles. The molecule has 8 heteroatoms. The molecular weight excluding hydrogens is 410 g/mol. The lowest BCUT2D eigenvalue weighted by atomic mass is 10.1. The Labute approximate surface area is 179 Å². The molecule has 0 radical (unpaired) electrons. The molecule has 0 spiro atoms. The number of rotatable bonds is 5. The highest BCUT2D eigenvalue weighted by molar-refractivity contribution is 7.80. The Kier molecular flexibility index (Phi) is 6.31. The van der Waals surface area contributed by atoms with Gasteiger partial charge in [0, 0.05) is 31.4 Å². The van der Waals surface area contributed by atoms with Gasteiger partial charge in [-0.3, -0.25) is 19.8 Å². The van der Waals surface area contributed by atoms with Gasteiger partial charge in [0.15, 0.2) is 5.11 Å². The molecule has 6 nitrogen and oxygen atoms in total. The predicted molar refractivity (Wildman–Crippen MR) is 117 cm³/mol. The van der Waals surface area contributed by atoms with Crippen molar-refractivity contribution in [3.63, 3.8) is 0 Å². The number of carbonyl (C=O) groups excluding carboxylic acids is 2. The van der Waals surface area contributed by atoms with Crippen LogP contribution in [0.2, 0.25) is 5.02 Å². The summed E-state index contributed by atoms with van der Waals surface area (Å²) in [5, 5.41) is 3.07. The topological polar surface area (TPSA) is 61.9 Å². The lowest BCUT2D eigenvalue weighted by molar-refractivity contribution is -0.122. The molecule has 3 rings (SSSR count). The number of para-hydroxylation sites is 1. The summed E-state index contributed by atoms with van der Waals surface area (Å²) in [4.78, 5) is 28.6. The Balaban J connectivity index is 1.97. The summed E-state index contributed by atoms with van der Waals surface area (Å²) >= 11 is 11.1. The Bertz CT molecular complexity index is 1000. The van der Waals surface area contributed by atoms with E-state index in [0.29, 0.717) is 22.2 Å². The number of anilines is 1. The maximum Gasteiger partial charge on any atom is 0.270 e. The molecule has 0 aliphatic carbocycles. The van der Waals surface area contributed by atoms with Crippen molar-refractivity contribution in [2.24, 2.45) is 0 Å². The number of ether oxygens (including phenoxy) is 1. The van der Waals surface area contributed by atoms with Crippen molar-refractivity contribution in [3.05, 3.63) is 83.2 Å². The molecule has 1 aliphatic heterocycles. The van der Waals surface area contributed by atoms with E-state index in [9.17, 15) is 9.59 Å². The second kappa shape index (κ2) is 8.89. The maximum atomic E-state index is 13.1. The fraction of sp³-hybridized carbons (Fsp3) is 0.0952. The van der Waals surface area contributed by atoms with Gasteiger partial charge in [0.05, 0.1) is 5.69 Å². The first-order chi connectivity index (χ1) is 13.8. The highest BCUT2D eigenvalue weighted by atomic mass is 35.5. The van der Waals surface area contributed by atoms with E-state index in [4.69, 9.17) is 28.6 Å². The number of nitrogens with one attached hydrogen (secondary N) is 1. The minimum absolute atomic E-state index is 0.00147. The van der Waals surface area contributed by atoms with Crippen molar-refractivity contribution in [1.29, 1.82) is 0 Å². The van der Waals surface area contributed by atoms with Crippen LogP contribution in [0.4, 0.5) is 5.69 Å². The molecule has 0 unspecified atom stereocenters. The lowest BCUT2D eigenvalue weighted by Gasteiger charge is -2.29. The van der Waals surface area contributed by atoms with E-state index in [-0.39, 0.29) is 10.7 Å². The number of thiocarbonyl (C=S) groups is 1. The van der Waals surface area contributed by atoms with E-state index in [1.807, 2.05) is 32.3 Å². The first-order valence-electron chi connectivity index (χ1n) is 8.63. The number of allylic oxidation sites excluding steroid dienone is 1. The SMILES string of the molecule is CN(C)/C=C(/C=C1/C(=O)NC(=S)N(c2ccc(Cl)cc2)C1=O)Oc1ccccc1. The average Bonchev–Trinajstić information content (AvgIpc) is 2.67. The molecule has 1 heterocycles. The number of carbonyl (C=O) groups is 2. The van der Waals surface area contributed by atoms with Crippen molar-refractivity contribution >= 4 is 46.4 Å². The second-order valence-electron chi connectivity index (χ2n) is 6.34. The van der Waals surface area contributed by atoms with Gasteiger partial charge in [0.1, 0.15) is 17.1 Å². The summed E-state index contributed by atoms with van der Waals surface area (Å²) in [6.45, 7) is 0. The van der Waals surface area contributed by atoms with E-state index >= 15 is 0 Å². The Hall–Kier alpha value is -3.16.